The Bertz CT molecular complexity index is 455. The molecule has 0 unspecified atom stereocenters. The number of ketones is 1. The Morgan fingerprint density at radius 1 is 1.38 bits per heavy atom. The van der Waals surface area contributed by atoms with Gasteiger partial charge in [0.25, 0.3) is 0 Å². The average Bonchev–Trinajstić information content (AvgIpc) is 2.27. The maximum absolute atomic E-state index is 11.7. The molecule has 0 spiro atoms. The lowest BCUT2D eigenvalue weighted by Gasteiger charge is -2.13. The molecule has 0 aliphatic rings. The largest absolute Gasteiger partial charge is 0.394 e. The molecule has 0 saturated heterocycles. The van der Waals surface area contributed by atoms with Crippen LogP contribution in [0.2, 0.25) is 0 Å². The van der Waals surface area contributed by atoms with Crippen LogP contribution in [-0.4, -0.2) is 32.0 Å². The topological polar surface area (TPSA) is 83.5 Å². The molecule has 0 aliphatic carbocycles. The van der Waals surface area contributed by atoms with Crippen molar-refractivity contribution in [3.63, 3.8) is 0 Å². The van der Waals surface area contributed by atoms with Crippen molar-refractivity contribution in [2.45, 2.75) is 17.9 Å². The van der Waals surface area contributed by atoms with Gasteiger partial charge in [0.05, 0.1) is 11.5 Å². The molecule has 5 nitrogen and oxygen atoms in total. The van der Waals surface area contributed by atoms with Crippen LogP contribution in [0.1, 0.15) is 6.92 Å². The van der Waals surface area contributed by atoms with Crippen molar-refractivity contribution in [3.8, 4) is 0 Å². The highest BCUT2D eigenvalue weighted by molar-refractivity contribution is 7.89. The van der Waals surface area contributed by atoms with E-state index in [9.17, 15) is 13.2 Å². The highest BCUT2D eigenvalue weighted by Crippen LogP contribution is 2.07. The van der Waals surface area contributed by atoms with Crippen LogP contribution in [-0.2, 0) is 14.8 Å². The van der Waals surface area contributed by atoms with Crippen molar-refractivity contribution >= 4 is 15.8 Å². The number of aliphatic hydroxyl groups is 1. The molecule has 0 fully saturated rings. The predicted molar refractivity (Wildman–Crippen MR) is 58.3 cm³/mol. The maximum Gasteiger partial charge on any atom is 0.241 e. The molecule has 2 N–H and O–H groups in total. The van der Waals surface area contributed by atoms with Crippen molar-refractivity contribution in [1.82, 2.24) is 4.72 Å². The standard InChI is InChI=1S/C10H13NO4S/c1-8(13)10(7-12)11-16(14,15)9-5-3-2-4-6-9/h2-6,10-12H,7H2,1H3/t10-/m0/s1. The average molecular weight is 243 g/mol. The number of carbonyl (C=O) groups excluding carboxylic acids is 1. The second-order valence-electron chi connectivity index (χ2n) is 3.28. The molecule has 6 heteroatoms. The monoisotopic (exact) mass is 243 g/mol. The van der Waals surface area contributed by atoms with Gasteiger partial charge in [-0.1, -0.05) is 18.2 Å². The number of sulfonamides is 1. The van der Waals surface area contributed by atoms with E-state index in [1.165, 1.54) is 19.1 Å². The van der Waals surface area contributed by atoms with Crippen LogP contribution in [0.3, 0.4) is 0 Å². The van der Waals surface area contributed by atoms with E-state index in [0.717, 1.165) is 0 Å². The third-order valence-corrected chi connectivity index (χ3v) is 3.51. The molecular weight excluding hydrogens is 230 g/mol. The first-order chi connectivity index (χ1) is 7.47. The lowest BCUT2D eigenvalue weighted by Crippen LogP contribution is -2.42. The molecule has 0 radical (unpaired) electrons. The Labute approximate surface area is 94.2 Å². The molecular formula is C10H13NO4S. The van der Waals surface area contributed by atoms with E-state index in [2.05, 4.69) is 4.72 Å². The molecule has 0 amide bonds. The van der Waals surface area contributed by atoms with E-state index in [-0.39, 0.29) is 4.90 Å². The number of nitrogens with one attached hydrogen (secondary N) is 1. The first-order valence-corrected chi connectivity index (χ1v) is 6.14. The molecule has 0 bridgehead atoms. The summed E-state index contributed by atoms with van der Waals surface area (Å²) in [5, 5.41) is 8.86. The fourth-order valence-electron chi connectivity index (χ4n) is 1.10. The molecule has 0 saturated carbocycles. The van der Waals surface area contributed by atoms with Gasteiger partial charge in [0.15, 0.2) is 0 Å². The summed E-state index contributed by atoms with van der Waals surface area (Å²) >= 11 is 0. The molecule has 0 aromatic heterocycles. The molecule has 1 rings (SSSR count). The zero-order valence-corrected chi connectivity index (χ0v) is 9.57. The molecule has 0 heterocycles. The molecule has 0 aliphatic heterocycles. The summed E-state index contributed by atoms with van der Waals surface area (Å²) < 4.78 is 25.6. The van der Waals surface area contributed by atoms with Crippen LogP contribution >= 0.6 is 0 Å². The molecule has 88 valence electrons. The number of Topliss-reactive ketones (excluding diaryl/α,β-unsaturated/α-hetero) is 1. The molecule has 1 aromatic rings. The van der Waals surface area contributed by atoms with Crippen molar-refractivity contribution < 1.29 is 18.3 Å². The van der Waals surface area contributed by atoms with E-state index in [0.29, 0.717) is 0 Å². The van der Waals surface area contributed by atoms with E-state index in [1.807, 2.05) is 0 Å². The normalized spacial score (nSPS) is 13.4. The second-order valence-corrected chi connectivity index (χ2v) is 4.99. The van der Waals surface area contributed by atoms with Gasteiger partial charge in [0.2, 0.25) is 10.0 Å². The zero-order valence-electron chi connectivity index (χ0n) is 8.75. The Balaban J connectivity index is 2.92. The van der Waals surface area contributed by atoms with E-state index < -0.39 is 28.5 Å². The van der Waals surface area contributed by atoms with Crippen LogP contribution in [0.15, 0.2) is 35.2 Å². The summed E-state index contributed by atoms with van der Waals surface area (Å²) in [7, 11) is -3.75. The number of aliphatic hydroxyl groups excluding tert-OH is 1. The van der Waals surface area contributed by atoms with Crippen LogP contribution < -0.4 is 4.72 Å². The van der Waals surface area contributed by atoms with Gasteiger partial charge in [0, 0.05) is 0 Å². The van der Waals surface area contributed by atoms with Crippen LogP contribution in [0.5, 0.6) is 0 Å². The fraction of sp³-hybridized carbons (Fsp3) is 0.300. The Kier molecular flexibility index (Phi) is 4.17. The maximum atomic E-state index is 11.7. The van der Waals surface area contributed by atoms with Gasteiger partial charge >= 0.3 is 0 Å². The van der Waals surface area contributed by atoms with Gasteiger partial charge in [-0.3, -0.25) is 4.79 Å². The summed E-state index contributed by atoms with van der Waals surface area (Å²) in [5.41, 5.74) is 0. The summed E-state index contributed by atoms with van der Waals surface area (Å²) in [5.74, 6) is -0.429. The number of carbonyl (C=O) groups is 1. The molecule has 16 heavy (non-hydrogen) atoms. The van der Waals surface area contributed by atoms with Gasteiger partial charge in [-0.15, -0.1) is 0 Å². The summed E-state index contributed by atoms with van der Waals surface area (Å²) in [6, 6.07) is 6.58. The van der Waals surface area contributed by atoms with Crippen LogP contribution in [0.4, 0.5) is 0 Å². The van der Waals surface area contributed by atoms with Crippen LogP contribution in [0, 0.1) is 0 Å². The first kappa shape index (κ1) is 12.8. The van der Waals surface area contributed by atoms with Gasteiger partial charge in [0.1, 0.15) is 11.8 Å². The van der Waals surface area contributed by atoms with E-state index >= 15 is 0 Å². The highest BCUT2D eigenvalue weighted by atomic mass is 32.2. The SMILES string of the molecule is CC(=O)[C@H](CO)NS(=O)(=O)c1ccccc1. The van der Waals surface area contributed by atoms with Gasteiger partial charge in [-0.2, -0.15) is 4.72 Å². The fourth-order valence-corrected chi connectivity index (χ4v) is 2.37. The van der Waals surface area contributed by atoms with Gasteiger partial charge in [-0.25, -0.2) is 8.42 Å². The predicted octanol–water partition coefficient (Wildman–Crippen LogP) is -0.0852. The third kappa shape index (κ3) is 3.13. The molecule has 1 atom stereocenters. The van der Waals surface area contributed by atoms with Gasteiger partial charge in [-0.05, 0) is 19.1 Å². The minimum Gasteiger partial charge on any atom is -0.394 e. The lowest BCUT2D eigenvalue weighted by atomic mass is 10.2. The minimum absolute atomic E-state index is 0.0645. The minimum atomic E-state index is -3.75. The smallest absolute Gasteiger partial charge is 0.241 e. The zero-order chi connectivity index (χ0) is 12.2. The highest BCUT2D eigenvalue weighted by Gasteiger charge is 2.21. The van der Waals surface area contributed by atoms with E-state index in [4.69, 9.17) is 5.11 Å². The Morgan fingerprint density at radius 2 is 1.94 bits per heavy atom. The first-order valence-electron chi connectivity index (χ1n) is 4.66. The van der Waals surface area contributed by atoms with Crippen molar-refractivity contribution in [2.24, 2.45) is 0 Å². The summed E-state index contributed by atoms with van der Waals surface area (Å²) in [6.07, 6.45) is 0. The lowest BCUT2D eigenvalue weighted by molar-refractivity contribution is -0.119. The number of rotatable bonds is 5. The number of hydrogen-bond donors (Lipinski definition) is 2. The van der Waals surface area contributed by atoms with Crippen molar-refractivity contribution in [3.05, 3.63) is 30.3 Å². The number of benzene rings is 1. The summed E-state index contributed by atoms with van der Waals surface area (Å²) in [6.45, 7) is 0.662. The van der Waals surface area contributed by atoms with Gasteiger partial charge < -0.3 is 5.11 Å². The quantitative estimate of drug-likeness (QED) is 0.757. The van der Waals surface area contributed by atoms with Crippen LogP contribution in [0.25, 0.3) is 0 Å². The van der Waals surface area contributed by atoms with Crippen molar-refractivity contribution in [2.75, 3.05) is 6.61 Å². The second kappa shape index (κ2) is 5.20. The van der Waals surface area contributed by atoms with E-state index in [1.54, 1.807) is 18.2 Å². The summed E-state index contributed by atoms with van der Waals surface area (Å²) in [4.78, 5) is 11.1. The molecule has 1 aromatic carbocycles. The Hall–Kier alpha value is -1.24. The number of hydrogen-bond acceptors (Lipinski definition) is 4. The third-order valence-electron chi connectivity index (χ3n) is 2.02. The van der Waals surface area contributed by atoms with Crippen molar-refractivity contribution in [1.29, 1.82) is 0 Å². The Morgan fingerprint density at radius 3 is 2.38 bits per heavy atom.